The van der Waals surface area contributed by atoms with Crippen molar-refractivity contribution in [1.82, 2.24) is 4.90 Å². The van der Waals surface area contributed by atoms with Gasteiger partial charge in [-0.15, -0.1) is 0 Å². The fourth-order valence-electron chi connectivity index (χ4n) is 4.45. The smallest absolute Gasteiger partial charge is 0.203 e. The predicted octanol–water partition coefficient (Wildman–Crippen LogP) is 3.08. The van der Waals surface area contributed by atoms with E-state index in [0.29, 0.717) is 11.5 Å². The molecule has 0 saturated carbocycles. The van der Waals surface area contributed by atoms with Crippen molar-refractivity contribution in [2.45, 2.75) is 25.4 Å². The molecule has 2 aliphatic heterocycles. The van der Waals surface area contributed by atoms with Crippen LogP contribution in [0.2, 0.25) is 0 Å². The molecule has 0 saturated heterocycles. The highest BCUT2D eigenvalue weighted by molar-refractivity contribution is 5.61. The number of phenols is 1. The van der Waals surface area contributed by atoms with Crippen LogP contribution in [0.15, 0.2) is 18.2 Å². The van der Waals surface area contributed by atoms with E-state index in [9.17, 15) is 5.11 Å². The fourth-order valence-corrected chi connectivity index (χ4v) is 4.45. The van der Waals surface area contributed by atoms with Gasteiger partial charge in [0.15, 0.2) is 23.0 Å². The van der Waals surface area contributed by atoms with Gasteiger partial charge in [-0.3, -0.25) is 4.90 Å². The molecule has 4 rings (SSSR count). The Morgan fingerprint density at radius 2 is 1.67 bits per heavy atom. The molecule has 1 N–H and O–H groups in total. The van der Waals surface area contributed by atoms with Crippen LogP contribution < -0.4 is 18.9 Å². The summed E-state index contributed by atoms with van der Waals surface area (Å²) in [5.74, 6) is 2.71. The summed E-state index contributed by atoms with van der Waals surface area (Å²) in [6.07, 6.45) is 1.65. The highest BCUT2D eigenvalue weighted by Crippen LogP contribution is 2.50. The number of benzene rings is 2. The maximum absolute atomic E-state index is 10.9. The molecule has 144 valence electrons. The van der Waals surface area contributed by atoms with Crippen LogP contribution in [-0.2, 0) is 19.4 Å². The lowest BCUT2D eigenvalue weighted by molar-refractivity contribution is 0.153. The van der Waals surface area contributed by atoms with Crippen molar-refractivity contribution in [1.29, 1.82) is 0 Å². The minimum Gasteiger partial charge on any atom is -0.504 e. The Labute approximate surface area is 159 Å². The van der Waals surface area contributed by atoms with Crippen molar-refractivity contribution in [3.8, 4) is 28.7 Å². The maximum atomic E-state index is 10.9. The zero-order valence-corrected chi connectivity index (χ0v) is 16.2. The van der Waals surface area contributed by atoms with Crippen LogP contribution in [0.25, 0.3) is 0 Å². The molecule has 6 heteroatoms. The number of nitrogens with zero attached hydrogens (tertiary/aromatic N) is 1. The number of ether oxygens (including phenoxy) is 4. The molecular formula is C21H25NO5. The van der Waals surface area contributed by atoms with Gasteiger partial charge in [0.1, 0.15) is 0 Å². The Morgan fingerprint density at radius 1 is 0.926 bits per heavy atom. The highest BCUT2D eigenvalue weighted by Gasteiger charge is 2.37. The Hall–Kier alpha value is -2.60. The molecule has 2 aliphatic rings. The molecule has 1 atom stereocenters. The average Bonchev–Trinajstić information content (AvgIpc) is 2.70. The number of phenolic OH excluding ortho intramolecular Hbond substituents is 1. The second kappa shape index (κ2) is 6.85. The van der Waals surface area contributed by atoms with Crippen molar-refractivity contribution in [3.63, 3.8) is 0 Å². The molecule has 2 aromatic rings. The Kier molecular flexibility index (Phi) is 4.52. The molecular weight excluding hydrogens is 346 g/mol. The first-order valence-electron chi connectivity index (χ1n) is 9.06. The first-order valence-corrected chi connectivity index (χ1v) is 9.06. The van der Waals surface area contributed by atoms with E-state index in [1.165, 1.54) is 5.56 Å². The topological polar surface area (TPSA) is 60.4 Å². The average molecular weight is 371 g/mol. The van der Waals surface area contributed by atoms with Crippen molar-refractivity contribution in [2.75, 3.05) is 35.0 Å². The molecule has 0 spiro atoms. The maximum Gasteiger partial charge on any atom is 0.203 e. The summed E-state index contributed by atoms with van der Waals surface area (Å²) in [6.45, 7) is 1.67. The van der Waals surface area contributed by atoms with E-state index in [0.717, 1.165) is 54.1 Å². The minimum atomic E-state index is 0.0964. The summed E-state index contributed by atoms with van der Waals surface area (Å²) in [4.78, 5) is 2.39. The molecule has 0 amide bonds. The first kappa shape index (κ1) is 17.8. The van der Waals surface area contributed by atoms with Gasteiger partial charge in [0.05, 0.1) is 28.4 Å². The molecule has 27 heavy (non-hydrogen) atoms. The quantitative estimate of drug-likeness (QED) is 0.891. The fraction of sp³-hybridized carbons (Fsp3) is 0.429. The molecule has 0 fully saturated rings. The summed E-state index contributed by atoms with van der Waals surface area (Å²) >= 11 is 0. The lowest BCUT2D eigenvalue weighted by Gasteiger charge is -2.42. The second-order valence-corrected chi connectivity index (χ2v) is 6.91. The number of hydrogen-bond acceptors (Lipinski definition) is 6. The van der Waals surface area contributed by atoms with Crippen LogP contribution in [0, 0.1) is 0 Å². The summed E-state index contributed by atoms with van der Waals surface area (Å²) in [5, 5.41) is 10.9. The van der Waals surface area contributed by atoms with Crippen molar-refractivity contribution in [2.24, 2.45) is 0 Å². The summed E-state index contributed by atoms with van der Waals surface area (Å²) in [6, 6.07) is 6.14. The van der Waals surface area contributed by atoms with Crippen LogP contribution in [0.1, 0.15) is 28.3 Å². The molecule has 2 heterocycles. The van der Waals surface area contributed by atoms with Gasteiger partial charge in [-0.1, -0.05) is 6.07 Å². The molecule has 0 radical (unpaired) electrons. The predicted molar refractivity (Wildman–Crippen MR) is 101 cm³/mol. The van der Waals surface area contributed by atoms with Crippen molar-refractivity contribution < 1.29 is 24.1 Å². The largest absolute Gasteiger partial charge is 0.504 e. The molecule has 0 bridgehead atoms. The van der Waals surface area contributed by atoms with E-state index >= 15 is 0 Å². The number of hydrogen-bond donors (Lipinski definition) is 1. The van der Waals surface area contributed by atoms with Crippen LogP contribution >= 0.6 is 0 Å². The highest BCUT2D eigenvalue weighted by atomic mass is 16.5. The van der Waals surface area contributed by atoms with Gasteiger partial charge in [0, 0.05) is 30.3 Å². The lowest BCUT2D eigenvalue weighted by atomic mass is 9.83. The zero-order valence-electron chi connectivity index (χ0n) is 16.2. The minimum absolute atomic E-state index is 0.0964. The Bertz CT molecular complexity index is 880. The summed E-state index contributed by atoms with van der Waals surface area (Å²) in [7, 11) is 6.48. The lowest BCUT2D eigenvalue weighted by Crippen LogP contribution is -2.39. The van der Waals surface area contributed by atoms with Gasteiger partial charge >= 0.3 is 0 Å². The van der Waals surface area contributed by atoms with E-state index < -0.39 is 0 Å². The molecule has 0 aliphatic carbocycles. The normalized spacial score (nSPS) is 18.1. The third kappa shape index (κ3) is 2.67. The number of fused-ring (bicyclic) bond motifs is 4. The van der Waals surface area contributed by atoms with Gasteiger partial charge in [-0.2, -0.15) is 0 Å². The third-order valence-electron chi connectivity index (χ3n) is 5.73. The van der Waals surface area contributed by atoms with Crippen molar-refractivity contribution in [3.05, 3.63) is 40.5 Å². The van der Waals surface area contributed by atoms with E-state index in [1.54, 1.807) is 28.4 Å². The summed E-state index contributed by atoms with van der Waals surface area (Å²) in [5.41, 5.74) is 4.45. The van der Waals surface area contributed by atoms with E-state index in [4.69, 9.17) is 18.9 Å². The van der Waals surface area contributed by atoms with Crippen LogP contribution in [0.3, 0.4) is 0 Å². The first-order chi connectivity index (χ1) is 13.1. The van der Waals surface area contributed by atoms with E-state index in [2.05, 4.69) is 11.0 Å². The number of aromatic hydroxyl groups is 1. The standard InChI is InChI=1S/C21H25NO5/c1-24-16-6-5-12-9-15-18-13(10-17(25-2)21(27-4)19(18)23)7-8-22(15)11-14(12)20(16)26-3/h5-6,10,15,23H,7-9,11H2,1-4H3. The van der Waals surface area contributed by atoms with Gasteiger partial charge in [-0.05, 0) is 36.1 Å². The SMILES string of the molecule is COc1cc2c(c(O)c1OC)C1Cc3ccc(OC)c(OC)c3CN1CC2. The van der Waals surface area contributed by atoms with Gasteiger partial charge in [0.25, 0.3) is 0 Å². The number of methoxy groups -OCH3 is 4. The van der Waals surface area contributed by atoms with Gasteiger partial charge in [-0.25, -0.2) is 0 Å². The monoisotopic (exact) mass is 371 g/mol. The van der Waals surface area contributed by atoms with Crippen LogP contribution in [0.5, 0.6) is 28.7 Å². The van der Waals surface area contributed by atoms with Gasteiger partial charge < -0.3 is 24.1 Å². The van der Waals surface area contributed by atoms with Crippen LogP contribution in [-0.4, -0.2) is 45.0 Å². The zero-order chi connectivity index (χ0) is 19.1. The number of rotatable bonds is 4. The third-order valence-corrected chi connectivity index (χ3v) is 5.73. The van der Waals surface area contributed by atoms with E-state index in [1.807, 2.05) is 12.1 Å². The van der Waals surface area contributed by atoms with Gasteiger partial charge in [0.2, 0.25) is 5.75 Å². The van der Waals surface area contributed by atoms with Crippen molar-refractivity contribution >= 4 is 0 Å². The Balaban J connectivity index is 1.81. The van der Waals surface area contributed by atoms with Crippen LogP contribution in [0.4, 0.5) is 0 Å². The molecule has 1 unspecified atom stereocenters. The Morgan fingerprint density at radius 3 is 2.33 bits per heavy atom. The second-order valence-electron chi connectivity index (χ2n) is 6.91. The summed E-state index contributed by atoms with van der Waals surface area (Å²) < 4.78 is 21.9. The molecule has 6 nitrogen and oxygen atoms in total. The molecule has 0 aromatic heterocycles. The molecule has 2 aromatic carbocycles. The van der Waals surface area contributed by atoms with E-state index in [-0.39, 0.29) is 11.8 Å².